The number of nitrogens with two attached hydrogens (primary N) is 1. The van der Waals surface area contributed by atoms with Gasteiger partial charge in [0, 0.05) is 17.7 Å². The first kappa shape index (κ1) is 19.1. The van der Waals surface area contributed by atoms with Gasteiger partial charge >= 0.3 is 11.9 Å². The van der Waals surface area contributed by atoms with Crippen LogP contribution in [0.5, 0.6) is 0 Å². The summed E-state index contributed by atoms with van der Waals surface area (Å²) in [6.07, 6.45) is -2.03. The number of nitrogens with one attached hydrogen (secondary N) is 1. The number of primary amides is 1. The molecule has 2 amide bonds. The number of benzene rings is 2. The molecular weight excluding hydrogens is 364 g/mol. The Labute approximate surface area is 160 Å². The van der Waals surface area contributed by atoms with Crippen LogP contribution in [0.2, 0.25) is 0 Å². The van der Waals surface area contributed by atoms with Crippen LogP contribution in [0.3, 0.4) is 0 Å². The van der Waals surface area contributed by atoms with E-state index in [1.165, 1.54) is 31.2 Å². The van der Waals surface area contributed by atoms with E-state index in [4.69, 9.17) is 15.2 Å². The van der Waals surface area contributed by atoms with Gasteiger partial charge in [0.25, 0.3) is 5.91 Å². The summed E-state index contributed by atoms with van der Waals surface area (Å²) in [6.45, 7) is 1.41. The zero-order valence-corrected chi connectivity index (χ0v) is 15.0. The quantitative estimate of drug-likeness (QED) is 0.754. The van der Waals surface area contributed by atoms with Crippen LogP contribution >= 0.6 is 0 Å². The van der Waals surface area contributed by atoms with Gasteiger partial charge in [-0.1, -0.05) is 18.2 Å². The lowest BCUT2D eigenvalue weighted by Gasteiger charge is -2.24. The summed E-state index contributed by atoms with van der Waals surface area (Å²) in [5, 5.41) is 2.56. The van der Waals surface area contributed by atoms with Gasteiger partial charge < -0.3 is 20.5 Å². The van der Waals surface area contributed by atoms with Crippen LogP contribution in [-0.2, 0) is 25.5 Å². The van der Waals surface area contributed by atoms with Gasteiger partial charge in [-0.05, 0) is 42.8 Å². The fourth-order valence-corrected chi connectivity index (χ4v) is 2.73. The van der Waals surface area contributed by atoms with E-state index in [1.807, 2.05) is 0 Å². The van der Waals surface area contributed by atoms with Crippen LogP contribution in [0.15, 0.2) is 48.5 Å². The molecule has 28 heavy (non-hydrogen) atoms. The number of rotatable bonds is 5. The molecule has 0 saturated heterocycles. The van der Waals surface area contributed by atoms with Crippen LogP contribution in [0, 0.1) is 0 Å². The number of carbonyl (C=O) groups excluding carboxylic acids is 4. The fraction of sp³-hybridized carbons (Fsp3) is 0.200. The highest BCUT2D eigenvalue weighted by atomic mass is 16.6. The lowest BCUT2D eigenvalue weighted by molar-refractivity contribution is -0.162. The van der Waals surface area contributed by atoms with Gasteiger partial charge in [0.1, 0.15) is 0 Å². The van der Waals surface area contributed by atoms with E-state index in [0.29, 0.717) is 22.4 Å². The summed E-state index contributed by atoms with van der Waals surface area (Å²) in [4.78, 5) is 47.6. The number of esters is 2. The van der Waals surface area contributed by atoms with Gasteiger partial charge in [-0.15, -0.1) is 0 Å². The van der Waals surface area contributed by atoms with Gasteiger partial charge in [-0.2, -0.15) is 0 Å². The topological polar surface area (TPSA) is 125 Å². The van der Waals surface area contributed by atoms with Crippen molar-refractivity contribution in [1.82, 2.24) is 0 Å². The fourth-order valence-electron chi connectivity index (χ4n) is 2.73. The van der Waals surface area contributed by atoms with E-state index in [-0.39, 0.29) is 6.42 Å². The molecular formula is C20H18N2O6. The third kappa shape index (κ3) is 4.17. The minimum atomic E-state index is -1.11. The maximum Gasteiger partial charge on any atom is 0.348 e. The highest BCUT2D eigenvalue weighted by Crippen LogP contribution is 2.21. The first-order chi connectivity index (χ1) is 13.3. The Bertz CT molecular complexity index is 938. The summed E-state index contributed by atoms with van der Waals surface area (Å²) in [6, 6.07) is 12.8. The zero-order chi connectivity index (χ0) is 20.3. The SMILES string of the molecule is C[C@H](OC(=O)[C@H]1Cc2ccccc2C(=O)O1)C(=O)Nc1ccc(C(N)=O)cc1. The molecule has 8 nitrogen and oxygen atoms in total. The van der Waals surface area contributed by atoms with Crippen molar-refractivity contribution in [2.45, 2.75) is 25.6 Å². The summed E-state index contributed by atoms with van der Waals surface area (Å²) < 4.78 is 10.3. The van der Waals surface area contributed by atoms with Crippen molar-refractivity contribution < 1.29 is 28.7 Å². The molecule has 3 N–H and O–H groups in total. The van der Waals surface area contributed by atoms with E-state index >= 15 is 0 Å². The second-order valence-electron chi connectivity index (χ2n) is 6.27. The lowest BCUT2D eigenvalue weighted by atomic mass is 9.99. The van der Waals surface area contributed by atoms with Gasteiger partial charge in [0.2, 0.25) is 12.0 Å². The third-order valence-corrected chi connectivity index (χ3v) is 4.25. The Morgan fingerprint density at radius 2 is 1.82 bits per heavy atom. The number of cyclic esters (lactones) is 1. The Morgan fingerprint density at radius 1 is 1.14 bits per heavy atom. The molecule has 0 unspecified atom stereocenters. The first-order valence-corrected chi connectivity index (χ1v) is 8.55. The second-order valence-corrected chi connectivity index (χ2v) is 6.27. The Balaban J connectivity index is 1.58. The smallest absolute Gasteiger partial charge is 0.348 e. The number of hydrogen-bond acceptors (Lipinski definition) is 6. The number of amides is 2. The van der Waals surface area contributed by atoms with Crippen molar-refractivity contribution in [2.75, 3.05) is 5.32 Å². The van der Waals surface area contributed by atoms with Gasteiger partial charge in [0.05, 0.1) is 5.56 Å². The van der Waals surface area contributed by atoms with Crippen molar-refractivity contribution in [2.24, 2.45) is 5.73 Å². The molecule has 2 atom stereocenters. The minimum absolute atomic E-state index is 0.184. The molecule has 0 fully saturated rings. The molecule has 0 radical (unpaired) electrons. The monoisotopic (exact) mass is 382 g/mol. The predicted molar refractivity (Wildman–Crippen MR) is 98.5 cm³/mol. The summed E-state index contributed by atoms with van der Waals surface area (Å²) in [5.41, 5.74) is 6.98. The van der Waals surface area contributed by atoms with Crippen LogP contribution in [0.25, 0.3) is 0 Å². The van der Waals surface area contributed by atoms with Crippen molar-refractivity contribution in [3.05, 3.63) is 65.2 Å². The largest absolute Gasteiger partial charge is 0.450 e. The van der Waals surface area contributed by atoms with E-state index in [2.05, 4.69) is 5.32 Å². The number of ether oxygens (including phenoxy) is 2. The minimum Gasteiger partial charge on any atom is -0.450 e. The van der Waals surface area contributed by atoms with Crippen LogP contribution in [-0.4, -0.2) is 36.0 Å². The molecule has 0 spiro atoms. The Hall–Kier alpha value is -3.68. The van der Waals surface area contributed by atoms with E-state index in [0.717, 1.165) is 0 Å². The predicted octanol–water partition coefficient (Wildman–Crippen LogP) is 1.44. The normalized spacial score (nSPS) is 16.3. The Morgan fingerprint density at radius 3 is 2.50 bits per heavy atom. The molecule has 144 valence electrons. The maximum atomic E-state index is 12.3. The summed E-state index contributed by atoms with van der Waals surface area (Å²) in [5.74, 6) is -2.54. The summed E-state index contributed by atoms with van der Waals surface area (Å²) in [7, 11) is 0. The Kier molecular flexibility index (Phi) is 5.39. The van der Waals surface area contributed by atoms with Crippen molar-refractivity contribution >= 4 is 29.4 Å². The molecule has 8 heteroatoms. The molecule has 0 saturated carbocycles. The third-order valence-electron chi connectivity index (χ3n) is 4.25. The molecule has 1 aliphatic rings. The standard InChI is InChI=1S/C20H18N2O6/c1-11(18(24)22-14-8-6-12(7-9-14)17(21)23)27-20(26)16-10-13-4-2-3-5-15(13)19(25)28-16/h2-9,11,16H,10H2,1H3,(H2,21,23)(H,22,24)/t11-,16+/m0/s1. The summed E-state index contributed by atoms with van der Waals surface area (Å²) >= 11 is 0. The number of fused-ring (bicyclic) bond motifs is 1. The van der Waals surface area contributed by atoms with E-state index in [1.54, 1.807) is 24.3 Å². The number of hydrogen-bond donors (Lipinski definition) is 2. The second kappa shape index (κ2) is 7.91. The van der Waals surface area contributed by atoms with E-state index in [9.17, 15) is 19.2 Å². The van der Waals surface area contributed by atoms with Crippen molar-refractivity contribution in [3.8, 4) is 0 Å². The van der Waals surface area contributed by atoms with Crippen LogP contribution < -0.4 is 11.1 Å². The van der Waals surface area contributed by atoms with Crippen molar-refractivity contribution in [1.29, 1.82) is 0 Å². The number of anilines is 1. The van der Waals surface area contributed by atoms with Crippen LogP contribution in [0.1, 0.15) is 33.2 Å². The van der Waals surface area contributed by atoms with Crippen LogP contribution in [0.4, 0.5) is 5.69 Å². The average Bonchev–Trinajstić information content (AvgIpc) is 2.68. The lowest BCUT2D eigenvalue weighted by Crippen LogP contribution is -2.39. The van der Waals surface area contributed by atoms with Crippen molar-refractivity contribution in [3.63, 3.8) is 0 Å². The maximum absolute atomic E-state index is 12.3. The molecule has 0 aromatic heterocycles. The molecule has 2 aromatic rings. The highest BCUT2D eigenvalue weighted by molar-refractivity contribution is 5.98. The zero-order valence-electron chi connectivity index (χ0n) is 15.0. The highest BCUT2D eigenvalue weighted by Gasteiger charge is 2.33. The van der Waals surface area contributed by atoms with Gasteiger partial charge in [-0.25, -0.2) is 9.59 Å². The van der Waals surface area contributed by atoms with E-state index < -0.39 is 36.0 Å². The average molecular weight is 382 g/mol. The molecule has 0 aliphatic carbocycles. The molecule has 1 aliphatic heterocycles. The first-order valence-electron chi connectivity index (χ1n) is 8.55. The molecule has 2 aromatic carbocycles. The molecule has 1 heterocycles. The molecule has 3 rings (SSSR count). The molecule has 0 bridgehead atoms. The van der Waals surface area contributed by atoms with Gasteiger partial charge in [-0.3, -0.25) is 9.59 Å². The van der Waals surface area contributed by atoms with Gasteiger partial charge in [0.15, 0.2) is 6.10 Å². The number of carbonyl (C=O) groups is 4.